The van der Waals surface area contributed by atoms with Gasteiger partial charge in [0.05, 0.1) is 23.7 Å². The van der Waals surface area contributed by atoms with Gasteiger partial charge in [-0.25, -0.2) is 4.98 Å². The molecule has 2 aromatic heterocycles. The fraction of sp³-hybridized carbons (Fsp3) is 0.200. The number of benzene rings is 1. The number of fused-ring (bicyclic) bond motifs is 1. The Hall–Kier alpha value is -2.24. The molecule has 0 radical (unpaired) electrons. The van der Waals surface area contributed by atoms with Crippen LogP contribution in [0, 0.1) is 0 Å². The van der Waals surface area contributed by atoms with Crippen molar-refractivity contribution in [2.75, 3.05) is 6.61 Å². The van der Waals surface area contributed by atoms with Gasteiger partial charge >= 0.3 is 0 Å². The van der Waals surface area contributed by atoms with E-state index in [-0.39, 0.29) is 12.6 Å². The van der Waals surface area contributed by atoms with Gasteiger partial charge in [-0.15, -0.1) is 0 Å². The van der Waals surface area contributed by atoms with E-state index in [9.17, 15) is 0 Å². The number of rotatable bonds is 3. The third-order valence-electron chi connectivity index (χ3n) is 3.47. The maximum Gasteiger partial charge on any atom is 0.140 e. The Labute approximate surface area is 116 Å². The Balaban J connectivity index is 2.16. The Bertz CT molecular complexity index is 736. The van der Waals surface area contributed by atoms with Crippen LogP contribution >= 0.6 is 0 Å². The molecule has 0 aliphatic rings. The van der Waals surface area contributed by atoms with Crippen LogP contribution in [0.2, 0.25) is 0 Å². The number of imidazole rings is 1. The second kappa shape index (κ2) is 5.03. The number of hydrogen-bond donors (Lipinski definition) is 2. The fourth-order valence-corrected chi connectivity index (χ4v) is 2.30. The van der Waals surface area contributed by atoms with E-state index in [0.29, 0.717) is 0 Å². The van der Waals surface area contributed by atoms with Crippen molar-refractivity contribution < 1.29 is 5.11 Å². The smallest absolute Gasteiger partial charge is 0.140 e. The third-order valence-corrected chi connectivity index (χ3v) is 3.47. The number of aliphatic hydroxyl groups is 1. The van der Waals surface area contributed by atoms with Crippen LogP contribution in [0.4, 0.5) is 0 Å². The van der Waals surface area contributed by atoms with E-state index in [1.807, 2.05) is 41.9 Å². The van der Waals surface area contributed by atoms with Crippen LogP contribution in [0.15, 0.2) is 42.7 Å². The molecule has 102 valence electrons. The first-order valence-corrected chi connectivity index (χ1v) is 6.44. The molecule has 3 N–H and O–H groups in total. The molecule has 0 fully saturated rings. The standard InChI is InChI=1S/C15H16N4O/c1-19-14-8-11(12(16)9-20)2-3-13(14)18-15(19)10-4-6-17-7-5-10/h2-8,12,20H,9,16H2,1H3. The highest BCUT2D eigenvalue weighted by molar-refractivity contribution is 5.81. The predicted octanol–water partition coefficient (Wildman–Crippen LogP) is 1.63. The zero-order chi connectivity index (χ0) is 14.1. The summed E-state index contributed by atoms with van der Waals surface area (Å²) in [5.41, 5.74) is 9.70. The third kappa shape index (κ3) is 2.07. The monoisotopic (exact) mass is 268 g/mol. The molecule has 3 rings (SSSR count). The van der Waals surface area contributed by atoms with Crippen molar-refractivity contribution in [3.63, 3.8) is 0 Å². The summed E-state index contributed by atoms with van der Waals surface area (Å²) in [4.78, 5) is 8.66. The summed E-state index contributed by atoms with van der Waals surface area (Å²) in [6.07, 6.45) is 3.50. The summed E-state index contributed by atoms with van der Waals surface area (Å²) >= 11 is 0. The normalized spacial score (nSPS) is 12.8. The molecule has 1 atom stereocenters. The van der Waals surface area contributed by atoms with Gasteiger partial charge < -0.3 is 15.4 Å². The SMILES string of the molecule is Cn1c(-c2ccncc2)nc2ccc(C(N)CO)cc21. The van der Waals surface area contributed by atoms with E-state index >= 15 is 0 Å². The van der Waals surface area contributed by atoms with E-state index in [4.69, 9.17) is 10.8 Å². The fourth-order valence-electron chi connectivity index (χ4n) is 2.30. The lowest BCUT2D eigenvalue weighted by molar-refractivity contribution is 0.268. The highest BCUT2D eigenvalue weighted by atomic mass is 16.3. The van der Waals surface area contributed by atoms with Gasteiger partial charge in [-0.05, 0) is 29.8 Å². The van der Waals surface area contributed by atoms with Crippen molar-refractivity contribution in [3.05, 3.63) is 48.3 Å². The van der Waals surface area contributed by atoms with Gasteiger partial charge in [0.1, 0.15) is 5.82 Å². The van der Waals surface area contributed by atoms with Crippen molar-refractivity contribution >= 4 is 11.0 Å². The van der Waals surface area contributed by atoms with Gasteiger partial charge in [0, 0.05) is 25.0 Å². The van der Waals surface area contributed by atoms with Crippen LogP contribution in [0.5, 0.6) is 0 Å². The molecule has 0 saturated heterocycles. The van der Waals surface area contributed by atoms with Gasteiger partial charge in [-0.1, -0.05) is 6.07 Å². The molecule has 5 nitrogen and oxygen atoms in total. The molecule has 0 amide bonds. The summed E-state index contributed by atoms with van der Waals surface area (Å²) in [5.74, 6) is 0.886. The molecular formula is C15H16N4O. The molecule has 5 heteroatoms. The largest absolute Gasteiger partial charge is 0.394 e. The maximum absolute atomic E-state index is 9.16. The van der Waals surface area contributed by atoms with Gasteiger partial charge in [0.25, 0.3) is 0 Å². The molecule has 0 bridgehead atoms. The van der Waals surface area contributed by atoms with E-state index in [1.165, 1.54) is 0 Å². The van der Waals surface area contributed by atoms with Gasteiger partial charge in [0.15, 0.2) is 0 Å². The van der Waals surface area contributed by atoms with Crippen molar-refractivity contribution in [1.82, 2.24) is 14.5 Å². The first-order valence-electron chi connectivity index (χ1n) is 6.44. The molecule has 1 aromatic carbocycles. The molecule has 20 heavy (non-hydrogen) atoms. The Kier molecular flexibility index (Phi) is 3.22. The molecule has 0 aliphatic carbocycles. The summed E-state index contributed by atoms with van der Waals surface area (Å²) in [6, 6.07) is 9.33. The quantitative estimate of drug-likeness (QED) is 0.757. The maximum atomic E-state index is 9.16. The minimum atomic E-state index is -0.362. The average molecular weight is 268 g/mol. The first-order chi connectivity index (χ1) is 9.70. The highest BCUT2D eigenvalue weighted by Gasteiger charge is 2.12. The summed E-state index contributed by atoms with van der Waals surface area (Å²) in [5, 5.41) is 9.16. The first kappa shape index (κ1) is 12.8. The Morgan fingerprint density at radius 2 is 2.00 bits per heavy atom. The zero-order valence-corrected chi connectivity index (χ0v) is 11.2. The average Bonchev–Trinajstić information content (AvgIpc) is 2.84. The number of hydrogen-bond acceptors (Lipinski definition) is 4. The van der Waals surface area contributed by atoms with E-state index in [1.54, 1.807) is 12.4 Å². The highest BCUT2D eigenvalue weighted by Crippen LogP contribution is 2.25. The van der Waals surface area contributed by atoms with Crippen LogP contribution in [-0.2, 0) is 7.05 Å². The van der Waals surface area contributed by atoms with Crippen LogP contribution in [0.25, 0.3) is 22.4 Å². The molecule has 0 aliphatic heterocycles. The number of aromatic nitrogens is 3. The minimum absolute atomic E-state index is 0.0689. The molecule has 0 saturated carbocycles. The second-order valence-electron chi connectivity index (χ2n) is 4.77. The lowest BCUT2D eigenvalue weighted by atomic mass is 10.1. The number of aliphatic hydroxyl groups excluding tert-OH is 1. The van der Waals surface area contributed by atoms with Crippen LogP contribution in [0.1, 0.15) is 11.6 Å². The molecule has 3 aromatic rings. The lowest BCUT2D eigenvalue weighted by Gasteiger charge is -2.08. The zero-order valence-electron chi connectivity index (χ0n) is 11.2. The van der Waals surface area contributed by atoms with Crippen molar-refractivity contribution in [2.24, 2.45) is 12.8 Å². The minimum Gasteiger partial charge on any atom is -0.394 e. The number of nitrogens with two attached hydrogens (primary N) is 1. The number of pyridine rings is 1. The Morgan fingerprint density at radius 1 is 1.25 bits per heavy atom. The van der Waals surface area contributed by atoms with Crippen molar-refractivity contribution in [3.8, 4) is 11.4 Å². The van der Waals surface area contributed by atoms with Crippen molar-refractivity contribution in [1.29, 1.82) is 0 Å². The van der Waals surface area contributed by atoms with E-state index in [2.05, 4.69) is 9.97 Å². The molecule has 2 heterocycles. The lowest BCUT2D eigenvalue weighted by Crippen LogP contribution is -2.14. The summed E-state index contributed by atoms with van der Waals surface area (Å²) < 4.78 is 2.03. The summed E-state index contributed by atoms with van der Waals surface area (Å²) in [7, 11) is 1.97. The van der Waals surface area contributed by atoms with Gasteiger partial charge in [-0.3, -0.25) is 4.98 Å². The van der Waals surface area contributed by atoms with Gasteiger partial charge in [0.2, 0.25) is 0 Å². The van der Waals surface area contributed by atoms with Crippen LogP contribution < -0.4 is 5.73 Å². The number of nitrogens with zero attached hydrogens (tertiary/aromatic N) is 3. The second-order valence-corrected chi connectivity index (χ2v) is 4.77. The van der Waals surface area contributed by atoms with Crippen LogP contribution in [-0.4, -0.2) is 26.2 Å². The van der Waals surface area contributed by atoms with Gasteiger partial charge in [-0.2, -0.15) is 0 Å². The predicted molar refractivity (Wildman–Crippen MR) is 78.0 cm³/mol. The molecular weight excluding hydrogens is 252 g/mol. The molecule has 0 spiro atoms. The van der Waals surface area contributed by atoms with Crippen LogP contribution in [0.3, 0.4) is 0 Å². The summed E-state index contributed by atoms with van der Waals surface area (Å²) in [6.45, 7) is -0.0689. The van der Waals surface area contributed by atoms with E-state index in [0.717, 1.165) is 28.0 Å². The molecule has 1 unspecified atom stereocenters. The Morgan fingerprint density at radius 3 is 2.70 bits per heavy atom. The van der Waals surface area contributed by atoms with Crippen molar-refractivity contribution in [2.45, 2.75) is 6.04 Å². The van der Waals surface area contributed by atoms with E-state index < -0.39 is 0 Å². The topological polar surface area (TPSA) is 77.0 Å². The number of aryl methyl sites for hydroxylation is 1.